The molecule has 1 amide bonds. The number of carbonyl (C=O) groups is 1. The number of amides is 1. The van der Waals surface area contributed by atoms with Gasteiger partial charge in [-0.15, -0.1) is 0 Å². The van der Waals surface area contributed by atoms with Crippen molar-refractivity contribution < 1.29 is 14.3 Å². The van der Waals surface area contributed by atoms with Crippen LogP contribution in [0.2, 0.25) is 0 Å². The zero-order valence-electron chi connectivity index (χ0n) is 14.8. The van der Waals surface area contributed by atoms with E-state index < -0.39 is 0 Å². The van der Waals surface area contributed by atoms with Gasteiger partial charge in [-0.3, -0.25) is 4.79 Å². The van der Waals surface area contributed by atoms with E-state index >= 15 is 0 Å². The summed E-state index contributed by atoms with van der Waals surface area (Å²) in [5.41, 5.74) is 4.72. The van der Waals surface area contributed by atoms with E-state index in [1.54, 1.807) is 7.11 Å². The maximum Gasteiger partial charge on any atom is 0.243 e. The average Bonchev–Trinajstić information content (AvgIpc) is 3.16. The van der Waals surface area contributed by atoms with Gasteiger partial charge in [0.2, 0.25) is 5.91 Å². The molecule has 5 heteroatoms. The van der Waals surface area contributed by atoms with Crippen molar-refractivity contribution in [2.45, 2.75) is 57.5 Å². The Balaban J connectivity index is 1.60. The lowest BCUT2D eigenvalue weighted by Crippen LogP contribution is -2.43. The van der Waals surface area contributed by atoms with Crippen molar-refractivity contribution in [3.8, 4) is 11.5 Å². The van der Waals surface area contributed by atoms with Gasteiger partial charge in [-0.1, -0.05) is 12.8 Å². The molecule has 2 saturated carbocycles. The first-order chi connectivity index (χ1) is 12.3. The lowest BCUT2D eigenvalue weighted by molar-refractivity contribution is -0.127. The van der Waals surface area contributed by atoms with Gasteiger partial charge >= 0.3 is 0 Å². The fraction of sp³-hybridized carbons (Fsp3) is 0.600. The average molecular weight is 342 g/mol. The summed E-state index contributed by atoms with van der Waals surface area (Å²) in [6, 6.07) is 6.05. The van der Waals surface area contributed by atoms with Gasteiger partial charge in [-0.05, 0) is 56.7 Å². The van der Waals surface area contributed by atoms with Gasteiger partial charge in [-0.25, -0.2) is 5.43 Å². The molecular weight excluding hydrogens is 316 g/mol. The van der Waals surface area contributed by atoms with Crippen LogP contribution in [-0.2, 0) is 4.79 Å². The molecule has 5 nitrogen and oxygen atoms in total. The molecule has 0 aromatic heterocycles. The van der Waals surface area contributed by atoms with Gasteiger partial charge in [0.25, 0.3) is 0 Å². The molecule has 1 N–H and O–H groups in total. The van der Waals surface area contributed by atoms with E-state index in [4.69, 9.17) is 9.47 Å². The molecule has 1 aromatic rings. The Labute approximate surface area is 148 Å². The number of hydrogen-bond acceptors (Lipinski definition) is 4. The van der Waals surface area contributed by atoms with Crippen molar-refractivity contribution in [3.05, 3.63) is 23.8 Å². The van der Waals surface area contributed by atoms with E-state index in [1.807, 2.05) is 12.1 Å². The third-order valence-corrected chi connectivity index (χ3v) is 5.80. The largest absolute Gasteiger partial charge is 0.493 e. The number of carbonyl (C=O) groups excluding carboxylic acids is 1. The van der Waals surface area contributed by atoms with Gasteiger partial charge in [0.05, 0.1) is 18.9 Å². The van der Waals surface area contributed by atoms with Gasteiger partial charge in [0, 0.05) is 17.4 Å². The quantitative estimate of drug-likeness (QED) is 0.908. The van der Waals surface area contributed by atoms with Crippen LogP contribution in [0.3, 0.4) is 0 Å². The van der Waals surface area contributed by atoms with E-state index in [2.05, 4.69) is 16.6 Å². The molecule has 3 aliphatic rings. The molecule has 0 saturated heterocycles. The molecule has 134 valence electrons. The number of nitrogens with zero attached hydrogens (tertiary/aromatic N) is 1. The third kappa shape index (κ3) is 3.24. The van der Waals surface area contributed by atoms with Crippen LogP contribution in [-0.4, -0.2) is 24.8 Å². The Kier molecular flexibility index (Phi) is 4.64. The fourth-order valence-corrected chi connectivity index (χ4v) is 4.44. The van der Waals surface area contributed by atoms with Crippen LogP contribution >= 0.6 is 0 Å². The van der Waals surface area contributed by atoms with Gasteiger partial charge in [0.1, 0.15) is 0 Å². The highest BCUT2D eigenvalue weighted by molar-refractivity contribution is 6.07. The van der Waals surface area contributed by atoms with Gasteiger partial charge in [-0.2, -0.15) is 5.10 Å². The summed E-state index contributed by atoms with van der Waals surface area (Å²) in [7, 11) is 1.68. The second kappa shape index (κ2) is 7.06. The summed E-state index contributed by atoms with van der Waals surface area (Å²) in [5.74, 6) is 1.90. The van der Waals surface area contributed by atoms with Crippen LogP contribution in [0.4, 0.5) is 0 Å². The number of benzene rings is 1. The van der Waals surface area contributed by atoms with Crippen LogP contribution in [0.5, 0.6) is 11.5 Å². The van der Waals surface area contributed by atoms with Crippen molar-refractivity contribution in [2.24, 2.45) is 16.9 Å². The molecule has 0 radical (unpaired) electrons. The Morgan fingerprint density at radius 3 is 2.48 bits per heavy atom. The predicted molar refractivity (Wildman–Crippen MR) is 96.0 cm³/mol. The van der Waals surface area contributed by atoms with Crippen molar-refractivity contribution >= 4 is 11.6 Å². The second-order valence-electron chi connectivity index (χ2n) is 7.36. The number of ether oxygens (including phenoxy) is 2. The first-order valence-electron chi connectivity index (χ1n) is 9.49. The van der Waals surface area contributed by atoms with E-state index in [1.165, 1.54) is 12.8 Å². The molecule has 0 spiro atoms. The molecule has 2 aliphatic carbocycles. The van der Waals surface area contributed by atoms with Crippen molar-refractivity contribution in [3.63, 3.8) is 0 Å². The van der Waals surface area contributed by atoms with E-state index in [0.717, 1.165) is 61.3 Å². The SMILES string of the molecule is COc1cc(C2=NNC(=O)C3CCCCC23)ccc1OC1CCCC1. The first kappa shape index (κ1) is 16.4. The number of hydrogen-bond donors (Lipinski definition) is 1. The molecule has 0 bridgehead atoms. The summed E-state index contributed by atoms with van der Waals surface area (Å²) in [6.07, 6.45) is 9.28. The number of hydrazone groups is 1. The topological polar surface area (TPSA) is 59.9 Å². The molecule has 1 heterocycles. The van der Waals surface area contributed by atoms with Gasteiger partial charge < -0.3 is 9.47 Å². The number of rotatable bonds is 4. The monoisotopic (exact) mass is 342 g/mol. The van der Waals surface area contributed by atoms with Crippen LogP contribution in [0, 0.1) is 11.8 Å². The Morgan fingerprint density at radius 1 is 1.00 bits per heavy atom. The van der Waals surface area contributed by atoms with Crippen molar-refractivity contribution in [2.75, 3.05) is 7.11 Å². The Hall–Kier alpha value is -2.04. The van der Waals surface area contributed by atoms with Crippen LogP contribution in [0.25, 0.3) is 0 Å². The highest BCUT2D eigenvalue weighted by Crippen LogP contribution is 2.38. The fourth-order valence-electron chi connectivity index (χ4n) is 4.44. The zero-order chi connectivity index (χ0) is 17.2. The molecular formula is C20H26N2O3. The summed E-state index contributed by atoms with van der Waals surface area (Å²) < 4.78 is 11.7. The minimum Gasteiger partial charge on any atom is -0.493 e. The third-order valence-electron chi connectivity index (χ3n) is 5.80. The molecule has 4 rings (SSSR count). The van der Waals surface area contributed by atoms with E-state index in [9.17, 15) is 4.79 Å². The maximum absolute atomic E-state index is 12.1. The van der Waals surface area contributed by atoms with Crippen molar-refractivity contribution in [1.29, 1.82) is 0 Å². The van der Waals surface area contributed by atoms with Crippen LogP contribution in [0.1, 0.15) is 56.9 Å². The summed E-state index contributed by atoms with van der Waals surface area (Å²) in [5, 5.41) is 4.39. The van der Waals surface area contributed by atoms with Crippen LogP contribution in [0.15, 0.2) is 23.3 Å². The molecule has 1 aromatic carbocycles. The lowest BCUT2D eigenvalue weighted by Gasteiger charge is -2.34. The highest BCUT2D eigenvalue weighted by Gasteiger charge is 2.38. The second-order valence-corrected chi connectivity index (χ2v) is 7.36. The molecule has 25 heavy (non-hydrogen) atoms. The number of nitrogens with one attached hydrogen (secondary N) is 1. The predicted octanol–water partition coefficient (Wildman–Crippen LogP) is 3.66. The Morgan fingerprint density at radius 2 is 1.72 bits per heavy atom. The van der Waals surface area contributed by atoms with Crippen LogP contribution < -0.4 is 14.9 Å². The summed E-state index contributed by atoms with van der Waals surface area (Å²) in [6.45, 7) is 0. The Bertz CT molecular complexity index is 680. The standard InChI is InChI=1S/C20H26N2O3/c1-24-18-12-13(10-11-17(18)25-14-6-2-3-7-14)19-15-8-4-5-9-16(15)20(23)22-21-19/h10-12,14-16H,2-9H2,1H3,(H,22,23). The maximum atomic E-state index is 12.1. The summed E-state index contributed by atoms with van der Waals surface area (Å²) >= 11 is 0. The van der Waals surface area contributed by atoms with Gasteiger partial charge in [0.15, 0.2) is 11.5 Å². The molecule has 1 aliphatic heterocycles. The molecule has 2 atom stereocenters. The number of methoxy groups -OCH3 is 1. The first-order valence-corrected chi connectivity index (χ1v) is 9.49. The lowest BCUT2D eigenvalue weighted by atomic mass is 9.74. The van der Waals surface area contributed by atoms with E-state index in [-0.39, 0.29) is 17.7 Å². The minimum absolute atomic E-state index is 0.0571. The normalized spacial score (nSPS) is 26.6. The number of fused-ring (bicyclic) bond motifs is 1. The van der Waals surface area contributed by atoms with Crippen molar-refractivity contribution in [1.82, 2.24) is 5.43 Å². The zero-order valence-corrected chi connectivity index (χ0v) is 14.8. The highest BCUT2D eigenvalue weighted by atomic mass is 16.5. The molecule has 2 fully saturated rings. The molecule has 2 unspecified atom stereocenters. The van der Waals surface area contributed by atoms with E-state index in [0.29, 0.717) is 6.10 Å². The minimum atomic E-state index is 0.0571. The summed E-state index contributed by atoms with van der Waals surface area (Å²) in [4.78, 5) is 12.1. The smallest absolute Gasteiger partial charge is 0.243 e.